The maximum Gasteiger partial charge on any atom is 0.167 e. The number of ketones is 1. The number of hydrogen-bond acceptors (Lipinski definition) is 1. The molecular weight excluding hydrogens is 244 g/mol. The van der Waals surface area contributed by atoms with E-state index in [-0.39, 0.29) is 5.78 Å². The molecule has 0 spiro atoms. The van der Waals surface area contributed by atoms with E-state index in [2.05, 4.69) is 44.2 Å². The normalized spacial score (nSPS) is 10.8. The van der Waals surface area contributed by atoms with E-state index in [9.17, 15) is 4.79 Å². The van der Waals surface area contributed by atoms with Crippen molar-refractivity contribution in [3.63, 3.8) is 0 Å². The Bertz CT molecular complexity index is 606. The molecule has 0 aliphatic rings. The molecule has 0 bridgehead atoms. The van der Waals surface area contributed by atoms with Crippen molar-refractivity contribution >= 4 is 5.78 Å². The third-order valence-electron chi connectivity index (χ3n) is 3.69. The maximum atomic E-state index is 12.4. The number of aryl methyl sites for hydroxylation is 2. The van der Waals surface area contributed by atoms with Gasteiger partial charge in [-0.05, 0) is 36.5 Å². The highest BCUT2D eigenvalue weighted by Crippen LogP contribution is 2.17. The SMILES string of the molecule is Cc1ccc(C(=O)Cc2ccc(C(C)C)cc2)c(C)c1. The number of carbonyl (C=O) groups is 1. The van der Waals surface area contributed by atoms with Crippen LogP contribution in [0.1, 0.15) is 52.4 Å². The van der Waals surface area contributed by atoms with Gasteiger partial charge in [-0.15, -0.1) is 0 Å². The smallest absolute Gasteiger partial charge is 0.167 e. The van der Waals surface area contributed by atoms with Crippen molar-refractivity contribution in [2.24, 2.45) is 0 Å². The van der Waals surface area contributed by atoms with E-state index in [0.717, 1.165) is 16.7 Å². The second-order valence-corrected chi connectivity index (χ2v) is 5.81. The van der Waals surface area contributed by atoms with Gasteiger partial charge in [-0.3, -0.25) is 4.79 Å². The molecule has 1 nitrogen and oxygen atoms in total. The van der Waals surface area contributed by atoms with Gasteiger partial charge in [0.2, 0.25) is 0 Å². The fraction of sp³-hybridized carbons (Fsp3) is 0.316. The molecule has 20 heavy (non-hydrogen) atoms. The first-order valence-electron chi connectivity index (χ1n) is 7.16. The largest absolute Gasteiger partial charge is 0.294 e. The Kier molecular flexibility index (Phi) is 4.39. The first-order valence-corrected chi connectivity index (χ1v) is 7.16. The molecular formula is C19H22O. The van der Waals surface area contributed by atoms with Gasteiger partial charge in [-0.25, -0.2) is 0 Å². The molecule has 2 aromatic carbocycles. The second kappa shape index (κ2) is 6.04. The van der Waals surface area contributed by atoms with Crippen LogP contribution in [0.4, 0.5) is 0 Å². The van der Waals surface area contributed by atoms with Crippen LogP contribution in [0.3, 0.4) is 0 Å². The Morgan fingerprint density at radius 2 is 1.65 bits per heavy atom. The predicted octanol–water partition coefficient (Wildman–Crippen LogP) is 4.85. The number of benzene rings is 2. The van der Waals surface area contributed by atoms with Gasteiger partial charge in [0.05, 0.1) is 0 Å². The minimum absolute atomic E-state index is 0.194. The average molecular weight is 266 g/mol. The minimum atomic E-state index is 0.194. The highest BCUT2D eigenvalue weighted by atomic mass is 16.1. The standard InChI is InChI=1S/C19H22O/c1-13(2)17-8-6-16(7-9-17)12-19(20)18-10-5-14(3)11-15(18)4/h5-11,13H,12H2,1-4H3. The van der Waals surface area contributed by atoms with Crippen molar-refractivity contribution in [2.45, 2.75) is 40.0 Å². The highest BCUT2D eigenvalue weighted by molar-refractivity contribution is 5.98. The van der Waals surface area contributed by atoms with Crippen LogP contribution in [0.2, 0.25) is 0 Å². The zero-order valence-electron chi connectivity index (χ0n) is 12.7. The van der Waals surface area contributed by atoms with E-state index in [4.69, 9.17) is 0 Å². The Labute approximate surface area is 121 Å². The van der Waals surface area contributed by atoms with E-state index in [1.54, 1.807) is 0 Å². The fourth-order valence-electron chi connectivity index (χ4n) is 2.43. The molecule has 0 saturated heterocycles. The van der Waals surface area contributed by atoms with Crippen molar-refractivity contribution in [3.05, 3.63) is 70.3 Å². The van der Waals surface area contributed by atoms with Crippen LogP contribution < -0.4 is 0 Å². The summed E-state index contributed by atoms with van der Waals surface area (Å²) in [4.78, 5) is 12.4. The van der Waals surface area contributed by atoms with E-state index >= 15 is 0 Å². The highest BCUT2D eigenvalue weighted by Gasteiger charge is 2.10. The molecule has 0 amide bonds. The van der Waals surface area contributed by atoms with Crippen molar-refractivity contribution < 1.29 is 4.79 Å². The van der Waals surface area contributed by atoms with Gasteiger partial charge in [0.15, 0.2) is 5.78 Å². The summed E-state index contributed by atoms with van der Waals surface area (Å²) in [6, 6.07) is 14.4. The maximum absolute atomic E-state index is 12.4. The van der Waals surface area contributed by atoms with Crippen molar-refractivity contribution in [1.29, 1.82) is 0 Å². The molecule has 2 rings (SSSR count). The third-order valence-corrected chi connectivity index (χ3v) is 3.69. The summed E-state index contributed by atoms with van der Waals surface area (Å²) >= 11 is 0. The molecule has 0 N–H and O–H groups in total. The number of carbonyl (C=O) groups excluding carboxylic acids is 1. The summed E-state index contributed by atoms with van der Waals surface area (Å²) in [6.45, 7) is 8.40. The van der Waals surface area contributed by atoms with Gasteiger partial charge in [0.1, 0.15) is 0 Å². The molecule has 0 fully saturated rings. The van der Waals surface area contributed by atoms with Crippen LogP contribution in [0.5, 0.6) is 0 Å². The van der Waals surface area contributed by atoms with Crippen molar-refractivity contribution in [3.8, 4) is 0 Å². The molecule has 0 radical (unpaired) electrons. The average Bonchev–Trinajstić information content (AvgIpc) is 2.39. The van der Waals surface area contributed by atoms with Gasteiger partial charge in [-0.2, -0.15) is 0 Å². The molecule has 0 saturated carbocycles. The quantitative estimate of drug-likeness (QED) is 0.723. The van der Waals surface area contributed by atoms with Crippen LogP contribution in [-0.2, 0) is 6.42 Å². The lowest BCUT2D eigenvalue weighted by molar-refractivity contribution is 0.0992. The van der Waals surface area contributed by atoms with Gasteiger partial charge < -0.3 is 0 Å². The molecule has 2 aromatic rings. The lowest BCUT2D eigenvalue weighted by atomic mass is 9.96. The van der Waals surface area contributed by atoms with Crippen molar-refractivity contribution in [1.82, 2.24) is 0 Å². The zero-order valence-corrected chi connectivity index (χ0v) is 12.7. The molecule has 0 aromatic heterocycles. The molecule has 0 aliphatic carbocycles. The Balaban J connectivity index is 2.15. The van der Waals surface area contributed by atoms with Gasteiger partial charge in [0, 0.05) is 12.0 Å². The topological polar surface area (TPSA) is 17.1 Å². The third kappa shape index (κ3) is 3.36. The Morgan fingerprint density at radius 3 is 2.20 bits per heavy atom. The molecule has 0 atom stereocenters. The summed E-state index contributed by atoms with van der Waals surface area (Å²) in [7, 11) is 0. The van der Waals surface area contributed by atoms with Crippen molar-refractivity contribution in [2.75, 3.05) is 0 Å². The molecule has 0 unspecified atom stereocenters. The van der Waals surface area contributed by atoms with E-state index in [0.29, 0.717) is 12.3 Å². The summed E-state index contributed by atoms with van der Waals surface area (Å²) in [6.07, 6.45) is 0.474. The van der Waals surface area contributed by atoms with Gasteiger partial charge >= 0.3 is 0 Å². The monoisotopic (exact) mass is 266 g/mol. The van der Waals surface area contributed by atoms with E-state index < -0.39 is 0 Å². The number of hydrogen-bond donors (Lipinski definition) is 0. The number of Topliss-reactive ketones (excluding diaryl/α,β-unsaturated/α-hetero) is 1. The summed E-state index contributed by atoms with van der Waals surface area (Å²) in [5.74, 6) is 0.721. The van der Waals surface area contributed by atoms with E-state index in [1.807, 2.05) is 26.0 Å². The molecule has 1 heteroatoms. The van der Waals surface area contributed by atoms with Crippen LogP contribution >= 0.6 is 0 Å². The van der Waals surface area contributed by atoms with Gasteiger partial charge in [-0.1, -0.05) is 61.9 Å². The van der Waals surface area contributed by atoms with Crippen LogP contribution in [0.15, 0.2) is 42.5 Å². The minimum Gasteiger partial charge on any atom is -0.294 e. The molecule has 104 valence electrons. The first-order chi connectivity index (χ1) is 9.47. The van der Waals surface area contributed by atoms with Gasteiger partial charge in [0.25, 0.3) is 0 Å². The summed E-state index contributed by atoms with van der Waals surface area (Å²) < 4.78 is 0. The number of rotatable bonds is 4. The lowest BCUT2D eigenvalue weighted by Crippen LogP contribution is -2.06. The Hall–Kier alpha value is -1.89. The zero-order chi connectivity index (χ0) is 14.7. The molecule has 0 heterocycles. The summed E-state index contributed by atoms with van der Waals surface area (Å²) in [5, 5.41) is 0. The lowest BCUT2D eigenvalue weighted by Gasteiger charge is -2.08. The summed E-state index contributed by atoms with van der Waals surface area (Å²) in [5.41, 5.74) is 5.49. The van der Waals surface area contributed by atoms with Crippen LogP contribution in [0.25, 0.3) is 0 Å². The second-order valence-electron chi connectivity index (χ2n) is 5.81. The predicted molar refractivity (Wildman–Crippen MR) is 84.5 cm³/mol. The Morgan fingerprint density at radius 1 is 1.00 bits per heavy atom. The van der Waals surface area contributed by atoms with Crippen LogP contribution in [0, 0.1) is 13.8 Å². The first kappa shape index (κ1) is 14.5. The van der Waals surface area contributed by atoms with E-state index in [1.165, 1.54) is 11.1 Å². The fourth-order valence-corrected chi connectivity index (χ4v) is 2.43. The molecule has 0 aliphatic heterocycles. The van der Waals surface area contributed by atoms with Crippen LogP contribution in [-0.4, -0.2) is 5.78 Å².